The number of carbonyl (C=O) groups excluding carboxylic acids is 1. The molecule has 0 aliphatic rings. The zero-order valence-electron chi connectivity index (χ0n) is 11.2. The summed E-state index contributed by atoms with van der Waals surface area (Å²) in [5, 5.41) is 3.34. The first-order chi connectivity index (χ1) is 8.00. The van der Waals surface area contributed by atoms with Gasteiger partial charge in [-0.1, -0.05) is 0 Å². The second-order valence-electron chi connectivity index (χ2n) is 4.63. The molecule has 1 N–H and O–H groups in total. The van der Waals surface area contributed by atoms with E-state index in [-0.39, 0.29) is 5.78 Å². The lowest BCUT2D eigenvalue weighted by Gasteiger charge is -2.21. The maximum Gasteiger partial charge on any atom is 0.159 e. The standard InChI is InChI=1S/C14H22N2O/c1-11(2)16(4)10-9-15-14-7-5-13(6-8-14)12(3)17/h5-8,11,15H,9-10H2,1-4H3. The first kappa shape index (κ1) is 13.7. The summed E-state index contributed by atoms with van der Waals surface area (Å²) in [5.74, 6) is 0.107. The van der Waals surface area contributed by atoms with Crippen molar-refractivity contribution < 1.29 is 4.79 Å². The maximum atomic E-state index is 11.1. The quantitative estimate of drug-likeness (QED) is 0.768. The lowest BCUT2D eigenvalue weighted by molar-refractivity contribution is 0.101. The molecule has 17 heavy (non-hydrogen) atoms. The molecule has 3 heteroatoms. The Kier molecular flexibility index (Phi) is 5.16. The average molecular weight is 234 g/mol. The van der Waals surface area contributed by atoms with Crippen molar-refractivity contribution in [3.8, 4) is 0 Å². The summed E-state index contributed by atoms with van der Waals surface area (Å²) < 4.78 is 0. The predicted octanol–water partition coefficient (Wildman–Crippen LogP) is 2.64. The maximum absolute atomic E-state index is 11.1. The monoisotopic (exact) mass is 234 g/mol. The third-order valence-electron chi connectivity index (χ3n) is 2.97. The summed E-state index contributed by atoms with van der Waals surface area (Å²) in [6, 6.07) is 8.18. The van der Waals surface area contributed by atoms with Crippen molar-refractivity contribution in [3.63, 3.8) is 0 Å². The van der Waals surface area contributed by atoms with Gasteiger partial charge in [0.15, 0.2) is 5.78 Å². The number of ketones is 1. The third-order valence-corrected chi connectivity index (χ3v) is 2.97. The Balaban J connectivity index is 2.40. The Hall–Kier alpha value is -1.35. The lowest BCUT2D eigenvalue weighted by atomic mass is 10.1. The van der Waals surface area contributed by atoms with Crippen molar-refractivity contribution in [3.05, 3.63) is 29.8 Å². The van der Waals surface area contributed by atoms with E-state index in [1.807, 2.05) is 24.3 Å². The molecule has 0 aromatic heterocycles. The fourth-order valence-electron chi connectivity index (χ4n) is 1.46. The number of nitrogens with zero attached hydrogens (tertiary/aromatic N) is 1. The molecule has 0 aliphatic carbocycles. The van der Waals surface area contributed by atoms with Gasteiger partial charge in [0.05, 0.1) is 0 Å². The van der Waals surface area contributed by atoms with Gasteiger partial charge < -0.3 is 10.2 Å². The molecule has 0 atom stereocenters. The van der Waals surface area contributed by atoms with Crippen LogP contribution in [0.15, 0.2) is 24.3 Å². The van der Waals surface area contributed by atoms with E-state index in [1.54, 1.807) is 6.92 Å². The van der Waals surface area contributed by atoms with Crippen LogP contribution in [-0.4, -0.2) is 36.9 Å². The zero-order valence-corrected chi connectivity index (χ0v) is 11.2. The largest absolute Gasteiger partial charge is 0.384 e. The van der Waals surface area contributed by atoms with Gasteiger partial charge in [-0.2, -0.15) is 0 Å². The lowest BCUT2D eigenvalue weighted by Crippen LogP contribution is -2.31. The number of anilines is 1. The van der Waals surface area contributed by atoms with E-state index in [4.69, 9.17) is 0 Å². The van der Waals surface area contributed by atoms with Gasteiger partial charge in [0.25, 0.3) is 0 Å². The SMILES string of the molecule is CC(=O)c1ccc(NCCN(C)C(C)C)cc1. The van der Waals surface area contributed by atoms with Crippen LogP contribution in [0.2, 0.25) is 0 Å². The smallest absolute Gasteiger partial charge is 0.159 e. The van der Waals surface area contributed by atoms with Crippen LogP contribution in [0.1, 0.15) is 31.1 Å². The molecule has 3 nitrogen and oxygen atoms in total. The van der Waals surface area contributed by atoms with Gasteiger partial charge in [-0.15, -0.1) is 0 Å². The summed E-state index contributed by atoms with van der Waals surface area (Å²) in [4.78, 5) is 13.4. The van der Waals surface area contributed by atoms with Crippen LogP contribution in [0.5, 0.6) is 0 Å². The van der Waals surface area contributed by atoms with Gasteiger partial charge in [0, 0.05) is 30.4 Å². The third kappa shape index (κ3) is 4.57. The van der Waals surface area contributed by atoms with E-state index in [0.29, 0.717) is 6.04 Å². The zero-order chi connectivity index (χ0) is 12.8. The number of nitrogens with one attached hydrogen (secondary N) is 1. The highest BCUT2D eigenvalue weighted by Gasteiger charge is 2.02. The van der Waals surface area contributed by atoms with Gasteiger partial charge in [0.1, 0.15) is 0 Å². The number of benzene rings is 1. The molecule has 0 bridgehead atoms. The molecular formula is C14H22N2O. The topological polar surface area (TPSA) is 32.3 Å². The second-order valence-corrected chi connectivity index (χ2v) is 4.63. The molecule has 0 saturated heterocycles. The summed E-state index contributed by atoms with van der Waals surface area (Å²) in [6.07, 6.45) is 0. The Labute approximate surface area is 104 Å². The molecule has 0 aliphatic heterocycles. The van der Waals surface area contributed by atoms with E-state index < -0.39 is 0 Å². The van der Waals surface area contributed by atoms with Gasteiger partial charge >= 0.3 is 0 Å². The molecular weight excluding hydrogens is 212 g/mol. The molecule has 0 saturated carbocycles. The van der Waals surface area contributed by atoms with Crippen molar-refractivity contribution >= 4 is 11.5 Å². The van der Waals surface area contributed by atoms with Crippen molar-refractivity contribution in [2.45, 2.75) is 26.8 Å². The summed E-state index contributed by atoms with van der Waals surface area (Å²) in [6.45, 7) is 7.86. The van der Waals surface area contributed by atoms with E-state index in [0.717, 1.165) is 24.3 Å². The van der Waals surface area contributed by atoms with Gasteiger partial charge in [-0.3, -0.25) is 4.79 Å². The van der Waals surface area contributed by atoms with E-state index in [1.165, 1.54) is 0 Å². The minimum absolute atomic E-state index is 0.107. The van der Waals surface area contributed by atoms with Crippen LogP contribution in [0.3, 0.4) is 0 Å². The molecule has 1 aromatic rings. The number of Topliss-reactive ketones (excluding diaryl/α,β-unsaturated/α-hetero) is 1. The fourth-order valence-corrected chi connectivity index (χ4v) is 1.46. The predicted molar refractivity (Wildman–Crippen MR) is 72.7 cm³/mol. The van der Waals surface area contributed by atoms with Crippen molar-refractivity contribution in [2.24, 2.45) is 0 Å². The highest BCUT2D eigenvalue weighted by Crippen LogP contribution is 2.09. The second kappa shape index (κ2) is 6.40. The van der Waals surface area contributed by atoms with Crippen molar-refractivity contribution in [1.29, 1.82) is 0 Å². The average Bonchev–Trinajstić information content (AvgIpc) is 2.29. The van der Waals surface area contributed by atoms with E-state index in [2.05, 4.69) is 31.1 Å². The summed E-state index contributed by atoms with van der Waals surface area (Å²) in [7, 11) is 2.12. The number of rotatable bonds is 6. The molecule has 0 spiro atoms. The van der Waals surface area contributed by atoms with E-state index in [9.17, 15) is 4.79 Å². The normalized spacial score (nSPS) is 10.9. The Morgan fingerprint density at radius 2 is 1.88 bits per heavy atom. The van der Waals surface area contributed by atoms with Crippen molar-refractivity contribution in [2.75, 3.05) is 25.5 Å². The Morgan fingerprint density at radius 1 is 1.29 bits per heavy atom. The number of hydrogen-bond donors (Lipinski definition) is 1. The number of likely N-dealkylation sites (N-methyl/N-ethyl adjacent to an activating group) is 1. The van der Waals surface area contributed by atoms with Crippen molar-refractivity contribution in [1.82, 2.24) is 4.90 Å². The van der Waals surface area contributed by atoms with Crippen LogP contribution >= 0.6 is 0 Å². The number of carbonyl (C=O) groups is 1. The highest BCUT2D eigenvalue weighted by molar-refractivity contribution is 5.94. The molecule has 1 aromatic carbocycles. The van der Waals surface area contributed by atoms with Crippen LogP contribution in [-0.2, 0) is 0 Å². The van der Waals surface area contributed by atoms with E-state index >= 15 is 0 Å². The van der Waals surface area contributed by atoms with Crippen LogP contribution in [0.4, 0.5) is 5.69 Å². The highest BCUT2D eigenvalue weighted by atomic mass is 16.1. The Morgan fingerprint density at radius 3 is 2.35 bits per heavy atom. The Bertz CT molecular complexity index is 357. The molecule has 94 valence electrons. The van der Waals surface area contributed by atoms with Crippen LogP contribution in [0.25, 0.3) is 0 Å². The molecule has 1 rings (SSSR count). The molecule has 0 heterocycles. The van der Waals surface area contributed by atoms with Gasteiger partial charge in [0.2, 0.25) is 0 Å². The molecule has 0 amide bonds. The molecule has 0 unspecified atom stereocenters. The minimum atomic E-state index is 0.107. The summed E-state index contributed by atoms with van der Waals surface area (Å²) >= 11 is 0. The first-order valence-electron chi connectivity index (χ1n) is 6.06. The van der Waals surface area contributed by atoms with Gasteiger partial charge in [-0.25, -0.2) is 0 Å². The van der Waals surface area contributed by atoms with Crippen LogP contribution in [0, 0.1) is 0 Å². The van der Waals surface area contributed by atoms with Crippen LogP contribution < -0.4 is 5.32 Å². The number of hydrogen-bond acceptors (Lipinski definition) is 3. The fraction of sp³-hybridized carbons (Fsp3) is 0.500. The molecule has 0 fully saturated rings. The minimum Gasteiger partial charge on any atom is -0.384 e. The first-order valence-corrected chi connectivity index (χ1v) is 6.06. The summed E-state index contributed by atoms with van der Waals surface area (Å²) in [5.41, 5.74) is 1.82. The van der Waals surface area contributed by atoms with Gasteiger partial charge in [-0.05, 0) is 52.1 Å². The molecule has 0 radical (unpaired) electrons.